The number of fused-ring (bicyclic) bond motifs is 1. The molecule has 1 aromatic heterocycles. The van der Waals surface area contributed by atoms with Crippen molar-refractivity contribution in [3.63, 3.8) is 0 Å². The smallest absolute Gasteiger partial charge is 0.408 e. The highest BCUT2D eigenvalue weighted by Crippen LogP contribution is 2.14. The van der Waals surface area contributed by atoms with Crippen LogP contribution in [0.25, 0.3) is 11.1 Å². The van der Waals surface area contributed by atoms with E-state index in [9.17, 15) is 13.2 Å². The molecule has 3 rings (SSSR count). The summed E-state index contributed by atoms with van der Waals surface area (Å²) in [6.07, 6.45) is 0. The van der Waals surface area contributed by atoms with Crippen LogP contribution < -0.4 is 10.5 Å². The van der Waals surface area contributed by atoms with Crippen LogP contribution in [0.2, 0.25) is 0 Å². The van der Waals surface area contributed by atoms with Crippen molar-refractivity contribution in [2.45, 2.75) is 19.2 Å². The van der Waals surface area contributed by atoms with E-state index in [0.717, 1.165) is 16.7 Å². The molecule has 0 bridgehead atoms. The number of sulfonamides is 1. The minimum Gasteiger partial charge on any atom is -0.408 e. The van der Waals surface area contributed by atoms with Crippen molar-refractivity contribution in [2.24, 2.45) is 0 Å². The molecule has 0 amide bonds. The van der Waals surface area contributed by atoms with Crippen molar-refractivity contribution in [1.29, 1.82) is 0 Å². The molecule has 23 heavy (non-hydrogen) atoms. The number of hydrogen-bond acceptors (Lipinski definition) is 4. The molecule has 0 saturated carbocycles. The molecular weight excluding hydrogens is 316 g/mol. The third-order valence-electron chi connectivity index (χ3n) is 3.59. The number of nitrogens with one attached hydrogen (secondary N) is 2. The van der Waals surface area contributed by atoms with E-state index in [0.29, 0.717) is 11.1 Å². The van der Waals surface area contributed by atoms with Crippen LogP contribution in [-0.4, -0.2) is 13.4 Å². The van der Waals surface area contributed by atoms with Gasteiger partial charge in [0.1, 0.15) is 0 Å². The van der Waals surface area contributed by atoms with E-state index < -0.39 is 15.8 Å². The summed E-state index contributed by atoms with van der Waals surface area (Å²) < 4.78 is 31.9. The van der Waals surface area contributed by atoms with E-state index in [4.69, 9.17) is 4.42 Å². The van der Waals surface area contributed by atoms with E-state index >= 15 is 0 Å². The lowest BCUT2D eigenvalue weighted by Crippen LogP contribution is -2.25. The standard InChI is InChI=1S/C16H16N2O4S/c1-11-4-2-3-5-13(11)10-23(20,21)17-9-12-6-7-15-14(8-12)18-16(19)22-15/h2-8,17H,9-10H2,1H3,(H,18,19). The molecule has 0 aliphatic carbocycles. The van der Waals surface area contributed by atoms with Gasteiger partial charge >= 0.3 is 5.76 Å². The topological polar surface area (TPSA) is 92.2 Å². The van der Waals surface area contributed by atoms with Gasteiger partial charge in [0.2, 0.25) is 10.0 Å². The van der Waals surface area contributed by atoms with Crippen LogP contribution in [0.3, 0.4) is 0 Å². The van der Waals surface area contributed by atoms with Crippen LogP contribution in [0.1, 0.15) is 16.7 Å². The molecule has 2 N–H and O–H groups in total. The number of H-pyrrole nitrogens is 1. The number of hydrogen-bond donors (Lipinski definition) is 2. The van der Waals surface area contributed by atoms with E-state index in [2.05, 4.69) is 9.71 Å². The van der Waals surface area contributed by atoms with Crippen LogP contribution in [0.5, 0.6) is 0 Å². The third-order valence-corrected chi connectivity index (χ3v) is 4.86. The Hall–Kier alpha value is -2.38. The highest BCUT2D eigenvalue weighted by Gasteiger charge is 2.13. The summed E-state index contributed by atoms with van der Waals surface area (Å²) in [5.41, 5.74) is 3.44. The SMILES string of the molecule is Cc1ccccc1CS(=O)(=O)NCc1ccc2oc(=O)[nH]c2c1. The largest absolute Gasteiger partial charge is 0.417 e. The zero-order valence-electron chi connectivity index (χ0n) is 12.5. The van der Waals surface area contributed by atoms with Gasteiger partial charge in [-0.1, -0.05) is 30.3 Å². The molecule has 0 unspecified atom stereocenters. The predicted molar refractivity (Wildman–Crippen MR) is 87.5 cm³/mol. The molecule has 0 aliphatic rings. The number of rotatable bonds is 5. The summed E-state index contributed by atoms with van der Waals surface area (Å²) in [5.74, 6) is -0.595. The van der Waals surface area contributed by atoms with E-state index in [-0.39, 0.29) is 12.3 Å². The number of aromatic amines is 1. The second kappa shape index (κ2) is 6.02. The van der Waals surface area contributed by atoms with E-state index in [1.165, 1.54) is 0 Å². The zero-order valence-corrected chi connectivity index (χ0v) is 13.3. The molecule has 0 spiro atoms. The van der Waals surface area contributed by atoms with Crippen LogP contribution >= 0.6 is 0 Å². The Labute approximate surface area is 133 Å². The van der Waals surface area contributed by atoms with Crippen LogP contribution in [0, 0.1) is 6.92 Å². The van der Waals surface area contributed by atoms with Gasteiger partial charge in [0.15, 0.2) is 5.58 Å². The van der Waals surface area contributed by atoms with Gasteiger partial charge in [-0.15, -0.1) is 0 Å². The fourth-order valence-corrected chi connectivity index (χ4v) is 3.55. The van der Waals surface area contributed by atoms with Crippen LogP contribution in [0.15, 0.2) is 51.7 Å². The van der Waals surface area contributed by atoms with Gasteiger partial charge in [-0.3, -0.25) is 4.98 Å². The first-order valence-electron chi connectivity index (χ1n) is 7.06. The molecule has 6 nitrogen and oxygen atoms in total. The van der Waals surface area contributed by atoms with Gasteiger partial charge in [-0.2, -0.15) is 0 Å². The number of benzene rings is 2. The molecule has 0 radical (unpaired) electrons. The highest BCUT2D eigenvalue weighted by molar-refractivity contribution is 7.88. The van der Waals surface area contributed by atoms with E-state index in [1.54, 1.807) is 24.3 Å². The Bertz CT molecular complexity index is 1000. The summed E-state index contributed by atoms with van der Waals surface area (Å²) in [5, 5.41) is 0. The molecule has 0 saturated heterocycles. The second-order valence-electron chi connectivity index (χ2n) is 5.35. The lowest BCUT2D eigenvalue weighted by molar-refractivity contribution is 0.555. The first-order chi connectivity index (χ1) is 10.9. The van der Waals surface area contributed by atoms with Gasteiger partial charge in [-0.25, -0.2) is 17.9 Å². The lowest BCUT2D eigenvalue weighted by atomic mass is 10.1. The van der Waals surface area contributed by atoms with Crippen molar-refractivity contribution >= 4 is 21.1 Å². The van der Waals surface area contributed by atoms with Crippen LogP contribution in [0.4, 0.5) is 0 Å². The average molecular weight is 332 g/mol. The van der Waals surface area contributed by atoms with Gasteiger partial charge in [0.05, 0.1) is 11.3 Å². The molecule has 2 aromatic carbocycles. The number of aromatic nitrogens is 1. The molecule has 0 aliphatic heterocycles. The Morgan fingerprint density at radius 2 is 1.96 bits per heavy atom. The maximum atomic E-state index is 12.2. The monoisotopic (exact) mass is 332 g/mol. The van der Waals surface area contributed by atoms with Crippen LogP contribution in [-0.2, 0) is 22.3 Å². The summed E-state index contributed by atoms with van der Waals surface area (Å²) in [7, 11) is -3.45. The number of aryl methyl sites for hydroxylation is 1. The Kier molecular flexibility index (Phi) is 4.06. The lowest BCUT2D eigenvalue weighted by Gasteiger charge is -2.09. The minimum atomic E-state index is -3.45. The summed E-state index contributed by atoms with van der Waals surface area (Å²) in [6.45, 7) is 2.03. The maximum Gasteiger partial charge on any atom is 0.417 e. The van der Waals surface area contributed by atoms with Gasteiger partial charge in [0.25, 0.3) is 0 Å². The Morgan fingerprint density at radius 1 is 1.17 bits per heavy atom. The van der Waals surface area contributed by atoms with E-state index in [1.807, 2.05) is 25.1 Å². The molecule has 0 fully saturated rings. The normalized spacial score (nSPS) is 11.9. The first-order valence-corrected chi connectivity index (χ1v) is 8.72. The highest BCUT2D eigenvalue weighted by atomic mass is 32.2. The van der Waals surface area contributed by atoms with Gasteiger partial charge in [-0.05, 0) is 35.7 Å². The second-order valence-corrected chi connectivity index (χ2v) is 7.16. The Morgan fingerprint density at radius 3 is 2.74 bits per heavy atom. The fourth-order valence-electron chi connectivity index (χ4n) is 2.33. The minimum absolute atomic E-state index is 0.0650. The quantitative estimate of drug-likeness (QED) is 0.748. The summed E-state index contributed by atoms with van der Waals surface area (Å²) >= 11 is 0. The van der Waals surface area contributed by atoms with Crippen molar-refractivity contribution < 1.29 is 12.8 Å². The zero-order chi connectivity index (χ0) is 16.4. The molecule has 0 atom stereocenters. The molecule has 120 valence electrons. The molecule has 3 aromatic rings. The molecule has 7 heteroatoms. The molecule has 1 heterocycles. The van der Waals surface area contributed by atoms with Crippen molar-refractivity contribution in [1.82, 2.24) is 9.71 Å². The number of oxazole rings is 1. The average Bonchev–Trinajstić information content (AvgIpc) is 2.87. The van der Waals surface area contributed by atoms with Crippen molar-refractivity contribution in [2.75, 3.05) is 0 Å². The first kappa shape index (κ1) is 15.5. The van der Waals surface area contributed by atoms with Crippen molar-refractivity contribution in [3.8, 4) is 0 Å². The van der Waals surface area contributed by atoms with Gasteiger partial charge < -0.3 is 4.42 Å². The summed E-state index contributed by atoms with van der Waals surface area (Å²) in [4.78, 5) is 13.7. The fraction of sp³-hybridized carbons (Fsp3) is 0.188. The third kappa shape index (κ3) is 3.69. The van der Waals surface area contributed by atoms with Crippen molar-refractivity contribution in [3.05, 3.63) is 69.7 Å². The van der Waals surface area contributed by atoms with Gasteiger partial charge in [0, 0.05) is 6.54 Å². The predicted octanol–water partition coefficient (Wildman–Crippen LogP) is 2.05. The maximum absolute atomic E-state index is 12.2. The Balaban J connectivity index is 1.72. The summed E-state index contributed by atoms with van der Waals surface area (Å²) in [6, 6.07) is 12.4. The molecular formula is C16H16N2O4S.